The molecule has 1 saturated heterocycles. The summed E-state index contributed by atoms with van der Waals surface area (Å²) in [6, 6.07) is 6.95. The van der Waals surface area contributed by atoms with Crippen LogP contribution in [0.25, 0.3) is 10.9 Å². The first-order chi connectivity index (χ1) is 9.76. The highest BCUT2D eigenvalue weighted by Crippen LogP contribution is 2.23. The van der Waals surface area contributed by atoms with Crippen molar-refractivity contribution < 1.29 is 4.39 Å². The predicted molar refractivity (Wildman–Crippen MR) is 79.0 cm³/mol. The van der Waals surface area contributed by atoms with E-state index < -0.39 is 0 Å². The summed E-state index contributed by atoms with van der Waals surface area (Å²) in [5.74, 6) is 0.527. The third-order valence-electron chi connectivity index (χ3n) is 4.01. The van der Waals surface area contributed by atoms with Crippen molar-refractivity contribution in [1.29, 1.82) is 0 Å². The van der Waals surface area contributed by atoms with Crippen molar-refractivity contribution in [2.24, 2.45) is 5.92 Å². The van der Waals surface area contributed by atoms with Gasteiger partial charge in [-0.1, -0.05) is 6.07 Å². The van der Waals surface area contributed by atoms with E-state index in [-0.39, 0.29) is 5.82 Å². The molecule has 0 aliphatic carbocycles. The third-order valence-corrected chi connectivity index (χ3v) is 4.01. The second-order valence-electron chi connectivity index (χ2n) is 5.59. The van der Waals surface area contributed by atoms with Gasteiger partial charge in [0.25, 0.3) is 0 Å². The van der Waals surface area contributed by atoms with Gasteiger partial charge in [0.1, 0.15) is 5.82 Å². The number of nitrogens with one attached hydrogen (secondary N) is 1. The molecule has 20 heavy (non-hydrogen) atoms. The van der Waals surface area contributed by atoms with Crippen LogP contribution in [0.1, 0.15) is 12.0 Å². The Labute approximate surface area is 118 Å². The van der Waals surface area contributed by atoms with Crippen LogP contribution in [-0.4, -0.2) is 36.6 Å². The molecule has 3 nitrogen and oxygen atoms in total. The highest BCUT2D eigenvalue weighted by Gasteiger charge is 2.22. The molecule has 1 aromatic carbocycles. The van der Waals surface area contributed by atoms with Crippen LogP contribution in [-0.2, 0) is 6.54 Å². The SMILES string of the molecule is CNCC1CCN(Cc2cc(F)cc3cccnc23)C1. The summed E-state index contributed by atoms with van der Waals surface area (Å²) in [7, 11) is 1.99. The Kier molecular flexibility index (Phi) is 3.94. The van der Waals surface area contributed by atoms with E-state index in [0.717, 1.165) is 42.6 Å². The Morgan fingerprint density at radius 1 is 1.45 bits per heavy atom. The van der Waals surface area contributed by atoms with E-state index in [1.165, 1.54) is 6.42 Å². The summed E-state index contributed by atoms with van der Waals surface area (Å²) in [5.41, 5.74) is 1.91. The normalized spacial score (nSPS) is 19.8. The summed E-state index contributed by atoms with van der Waals surface area (Å²) in [5, 5.41) is 4.12. The number of halogens is 1. The van der Waals surface area contributed by atoms with Gasteiger partial charge < -0.3 is 5.32 Å². The van der Waals surface area contributed by atoms with Gasteiger partial charge in [0.05, 0.1) is 5.52 Å². The van der Waals surface area contributed by atoms with Crippen molar-refractivity contribution in [3.8, 4) is 0 Å². The van der Waals surface area contributed by atoms with E-state index in [4.69, 9.17) is 0 Å². The number of likely N-dealkylation sites (tertiary alicyclic amines) is 1. The first-order valence-corrected chi connectivity index (χ1v) is 7.16. The summed E-state index contributed by atoms with van der Waals surface area (Å²) >= 11 is 0. The fourth-order valence-corrected chi connectivity index (χ4v) is 3.10. The Balaban J connectivity index is 1.81. The van der Waals surface area contributed by atoms with Crippen molar-refractivity contribution in [2.75, 3.05) is 26.7 Å². The minimum absolute atomic E-state index is 0.175. The minimum Gasteiger partial charge on any atom is -0.319 e. The Bertz CT molecular complexity index is 599. The Morgan fingerprint density at radius 2 is 2.35 bits per heavy atom. The van der Waals surface area contributed by atoms with Gasteiger partial charge in [0.2, 0.25) is 0 Å². The molecule has 1 N–H and O–H groups in total. The monoisotopic (exact) mass is 273 g/mol. The third kappa shape index (κ3) is 2.81. The fourth-order valence-electron chi connectivity index (χ4n) is 3.10. The van der Waals surface area contributed by atoms with Gasteiger partial charge in [0, 0.05) is 24.7 Å². The first-order valence-electron chi connectivity index (χ1n) is 7.16. The molecular weight excluding hydrogens is 253 g/mol. The summed E-state index contributed by atoms with van der Waals surface area (Å²) < 4.78 is 13.7. The van der Waals surface area contributed by atoms with E-state index >= 15 is 0 Å². The smallest absolute Gasteiger partial charge is 0.124 e. The highest BCUT2D eigenvalue weighted by molar-refractivity contribution is 5.81. The maximum atomic E-state index is 13.7. The van der Waals surface area contributed by atoms with Crippen molar-refractivity contribution in [2.45, 2.75) is 13.0 Å². The van der Waals surface area contributed by atoms with Crippen molar-refractivity contribution in [3.63, 3.8) is 0 Å². The topological polar surface area (TPSA) is 28.2 Å². The lowest BCUT2D eigenvalue weighted by atomic mass is 10.1. The maximum Gasteiger partial charge on any atom is 0.124 e. The van der Waals surface area contributed by atoms with E-state index in [1.54, 1.807) is 18.3 Å². The van der Waals surface area contributed by atoms with Gasteiger partial charge >= 0.3 is 0 Å². The molecule has 2 aromatic rings. The average molecular weight is 273 g/mol. The summed E-state index contributed by atoms with van der Waals surface area (Å²) in [4.78, 5) is 6.81. The van der Waals surface area contributed by atoms with Gasteiger partial charge in [-0.2, -0.15) is 0 Å². The number of rotatable bonds is 4. The molecule has 0 bridgehead atoms. The molecule has 1 aliphatic rings. The minimum atomic E-state index is -0.175. The maximum absolute atomic E-state index is 13.7. The lowest BCUT2D eigenvalue weighted by Gasteiger charge is -2.17. The molecule has 3 rings (SSSR count). The van der Waals surface area contributed by atoms with Gasteiger partial charge in [-0.3, -0.25) is 9.88 Å². The van der Waals surface area contributed by atoms with E-state index in [0.29, 0.717) is 5.92 Å². The quantitative estimate of drug-likeness (QED) is 0.927. The average Bonchev–Trinajstić information content (AvgIpc) is 2.86. The second kappa shape index (κ2) is 5.85. The summed E-state index contributed by atoms with van der Waals surface area (Å²) in [6.07, 6.45) is 2.99. The zero-order valence-corrected chi connectivity index (χ0v) is 11.8. The van der Waals surface area contributed by atoms with Crippen LogP contribution < -0.4 is 5.32 Å². The van der Waals surface area contributed by atoms with Crippen molar-refractivity contribution >= 4 is 10.9 Å². The van der Waals surface area contributed by atoms with Crippen LogP contribution in [0.15, 0.2) is 30.5 Å². The molecule has 1 aromatic heterocycles. The van der Waals surface area contributed by atoms with E-state index in [2.05, 4.69) is 15.2 Å². The predicted octanol–water partition coefficient (Wildman–Crippen LogP) is 2.42. The van der Waals surface area contributed by atoms with Gasteiger partial charge in [-0.25, -0.2) is 4.39 Å². The van der Waals surface area contributed by atoms with Crippen LogP contribution >= 0.6 is 0 Å². The van der Waals surface area contributed by atoms with Gasteiger partial charge in [-0.15, -0.1) is 0 Å². The van der Waals surface area contributed by atoms with E-state index in [1.807, 2.05) is 19.2 Å². The van der Waals surface area contributed by atoms with Crippen LogP contribution in [0.4, 0.5) is 4.39 Å². The molecule has 0 amide bonds. The van der Waals surface area contributed by atoms with Crippen LogP contribution in [0.2, 0.25) is 0 Å². The molecule has 106 valence electrons. The molecule has 1 aliphatic heterocycles. The van der Waals surface area contributed by atoms with Crippen LogP contribution in [0, 0.1) is 11.7 Å². The number of aromatic nitrogens is 1. The lowest BCUT2D eigenvalue weighted by molar-refractivity contribution is 0.316. The number of fused-ring (bicyclic) bond motifs is 1. The number of hydrogen-bond donors (Lipinski definition) is 1. The van der Waals surface area contributed by atoms with Crippen LogP contribution in [0.5, 0.6) is 0 Å². The van der Waals surface area contributed by atoms with Crippen molar-refractivity contribution in [3.05, 3.63) is 41.8 Å². The number of pyridine rings is 1. The fraction of sp³-hybridized carbons (Fsp3) is 0.438. The molecule has 1 atom stereocenters. The molecule has 4 heteroatoms. The Morgan fingerprint density at radius 3 is 3.20 bits per heavy atom. The van der Waals surface area contributed by atoms with Crippen molar-refractivity contribution in [1.82, 2.24) is 15.2 Å². The molecule has 0 spiro atoms. The molecule has 0 saturated carbocycles. The molecule has 2 heterocycles. The lowest BCUT2D eigenvalue weighted by Crippen LogP contribution is -2.24. The Hall–Kier alpha value is -1.52. The second-order valence-corrected chi connectivity index (χ2v) is 5.59. The number of hydrogen-bond acceptors (Lipinski definition) is 3. The summed E-state index contributed by atoms with van der Waals surface area (Å²) in [6.45, 7) is 3.99. The molecule has 1 fully saturated rings. The number of benzene rings is 1. The van der Waals surface area contributed by atoms with Gasteiger partial charge in [-0.05, 0) is 56.2 Å². The largest absolute Gasteiger partial charge is 0.319 e. The zero-order chi connectivity index (χ0) is 13.9. The van der Waals surface area contributed by atoms with E-state index in [9.17, 15) is 4.39 Å². The standard InChI is InChI=1S/C16H20FN3/c1-18-9-12-4-6-20(10-12)11-14-8-15(17)7-13-3-2-5-19-16(13)14/h2-3,5,7-8,12,18H,4,6,9-11H2,1H3. The highest BCUT2D eigenvalue weighted by atomic mass is 19.1. The van der Waals surface area contributed by atoms with Gasteiger partial charge in [0.15, 0.2) is 0 Å². The molecule has 0 radical (unpaired) electrons. The molecule has 1 unspecified atom stereocenters. The number of nitrogens with zero attached hydrogens (tertiary/aromatic N) is 2. The zero-order valence-electron chi connectivity index (χ0n) is 11.8. The first kappa shape index (κ1) is 13.5. The van der Waals surface area contributed by atoms with Crippen LogP contribution in [0.3, 0.4) is 0 Å². The molecular formula is C16H20FN3.